The third-order valence-corrected chi connectivity index (χ3v) is 3.72. The summed E-state index contributed by atoms with van der Waals surface area (Å²) >= 11 is 0. The fourth-order valence-corrected chi connectivity index (χ4v) is 2.71. The summed E-state index contributed by atoms with van der Waals surface area (Å²) in [6.45, 7) is 0.947. The molecule has 2 heterocycles. The molecule has 1 aliphatic rings. The first-order valence-corrected chi connectivity index (χ1v) is 6.63. The summed E-state index contributed by atoms with van der Waals surface area (Å²) in [5, 5.41) is 6.17. The standard InChI is InChI=1S/C14H21N3O/c1-15-13(18)14(8-3-9-17-14)7-2-4-12-5-10-16-11-6-12/h5-6,10-11,17H,2-4,7-9H2,1H3,(H,15,18)/t14-/m1/s1. The molecule has 0 aromatic carbocycles. The number of hydrogen-bond acceptors (Lipinski definition) is 3. The minimum atomic E-state index is -0.332. The molecule has 98 valence electrons. The van der Waals surface area contributed by atoms with E-state index in [0.717, 1.165) is 38.6 Å². The van der Waals surface area contributed by atoms with E-state index in [0.29, 0.717) is 0 Å². The highest BCUT2D eigenvalue weighted by Crippen LogP contribution is 2.25. The van der Waals surface area contributed by atoms with Gasteiger partial charge in [0.15, 0.2) is 0 Å². The predicted molar refractivity (Wildman–Crippen MR) is 71.2 cm³/mol. The van der Waals surface area contributed by atoms with Crippen LogP contribution >= 0.6 is 0 Å². The maximum atomic E-state index is 12.0. The van der Waals surface area contributed by atoms with Gasteiger partial charge in [-0.1, -0.05) is 0 Å². The lowest BCUT2D eigenvalue weighted by molar-refractivity contribution is -0.126. The summed E-state index contributed by atoms with van der Waals surface area (Å²) < 4.78 is 0. The molecule has 1 aliphatic heterocycles. The summed E-state index contributed by atoms with van der Waals surface area (Å²) in [4.78, 5) is 16.0. The molecule has 2 rings (SSSR count). The monoisotopic (exact) mass is 247 g/mol. The number of pyridine rings is 1. The molecule has 0 spiro atoms. The molecule has 4 nitrogen and oxygen atoms in total. The SMILES string of the molecule is CNC(=O)[C@@]1(CCCc2ccncc2)CCCN1. The first kappa shape index (κ1) is 13.0. The van der Waals surface area contributed by atoms with Gasteiger partial charge in [0.2, 0.25) is 5.91 Å². The van der Waals surface area contributed by atoms with Crippen LogP contribution in [0.4, 0.5) is 0 Å². The molecular weight excluding hydrogens is 226 g/mol. The van der Waals surface area contributed by atoms with E-state index in [1.54, 1.807) is 7.05 Å². The Bertz CT molecular complexity index is 385. The highest BCUT2D eigenvalue weighted by Gasteiger charge is 2.39. The van der Waals surface area contributed by atoms with E-state index in [4.69, 9.17) is 0 Å². The molecule has 4 heteroatoms. The molecule has 1 amide bonds. The van der Waals surface area contributed by atoms with Gasteiger partial charge in [-0.2, -0.15) is 0 Å². The van der Waals surface area contributed by atoms with Crippen molar-refractivity contribution >= 4 is 5.91 Å². The number of amides is 1. The normalized spacial score (nSPS) is 22.9. The Labute approximate surface area is 108 Å². The maximum Gasteiger partial charge on any atom is 0.240 e. The fourth-order valence-electron chi connectivity index (χ4n) is 2.71. The second kappa shape index (κ2) is 5.96. The Morgan fingerprint density at radius 2 is 2.28 bits per heavy atom. The van der Waals surface area contributed by atoms with Gasteiger partial charge in [0.25, 0.3) is 0 Å². The minimum Gasteiger partial charge on any atom is -0.358 e. The molecule has 1 fully saturated rings. The predicted octanol–water partition coefficient (Wildman–Crippen LogP) is 1.27. The van der Waals surface area contributed by atoms with Gasteiger partial charge in [0.05, 0.1) is 5.54 Å². The van der Waals surface area contributed by atoms with Crippen molar-refractivity contribution in [1.82, 2.24) is 15.6 Å². The lowest BCUT2D eigenvalue weighted by Gasteiger charge is -2.27. The van der Waals surface area contributed by atoms with Crippen molar-refractivity contribution in [3.05, 3.63) is 30.1 Å². The van der Waals surface area contributed by atoms with Crippen LogP contribution in [0.25, 0.3) is 0 Å². The number of carbonyl (C=O) groups excluding carboxylic acids is 1. The Morgan fingerprint density at radius 1 is 1.50 bits per heavy atom. The Morgan fingerprint density at radius 3 is 2.89 bits per heavy atom. The molecule has 1 aromatic heterocycles. The Hall–Kier alpha value is -1.42. The van der Waals surface area contributed by atoms with Crippen molar-refractivity contribution in [2.75, 3.05) is 13.6 Å². The second-order valence-corrected chi connectivity index (χ2v) is 4.90. The number of rotatable bonds is 5. The summed E-state index contributed by atoms with van der Waals surface area (Å²) in [6.07, 6.45) is 8.59. The smallest absolute Gasteiger partial charge is 0.240 e. The van der Waals surface area contributed by atoms with E-state index in [9.17, 15) is 4.79 Å². The highest BCUT2D eigenvalue weighted by atomic mass is 16.2. The van der Waals surface area contributed by atoms with E-state index in [2.05, 4.69) is 15.6 Å². The van der Waals surface area contributed by atoms with Crippen molar-refractivity contribution in [3.63, 3.8) is 0 Å². The molecule has 1 atom stereocenters. The van der Waals surface area contributed by atoms with E-state index in [1.807, 2.05) is 24.5 Å². The van der Waals surface area contributed by atoms with Crippen molar-refractivity contribution in [1.29, 1.82) is 0 Å². The molecule has 1 saturated heterocycles. The van der Waals surface area contributed by atoms with Gasteiger partial charge in [0.1, 0.15) is 0 Å². The molecule has 0 bridgehead atoms. The Kier molecular flexibility index (Phi) is 4.31. The van der Waals surface area contributed by atoms with Crippen molar-refractivity contribution in [2.45, 2.75) is 37.6 Å². The average Bonchev–Trinajstić information content (AvgIpc) is 2.89. The topological polar surface area (TPSA) is 54.0 Å². The van der Waals surface area contributed by atoms with E-state index in [-0.39, 0.29) is 11.4 Å². The van der Waals surface area contributed by atoms with Gasteiger partial charge < -0.3 is 10.6 Å². The van der Waals surface area contributed by atoms with E-state index in [1.165, 1.54) is 5.56 Å². The Balaban J connectivity index is 1.89. The van der Waals surface area contributed by atoms with E-state index >= 15 is 0 Å². The van der Waals surface area contributed by atoms with Crippen LogP contribution in [0.15, 0.2) is 24.5 Å². The van der Waals surface area contributed by atoms with Crippen LogP contribution in [0.5, 0.6) is 0 Å². The minimum absolute atomic E-state index is 0.134. The summed E-state index contributed by atoms with van der Waals surface area (Å²) in [5.74, 6) is 0.134. The van der Waals surface area contributed by atoms with Gasteiger partial charge in [-0.05, 0) is 56.3 Å². The first-order valence-electron chi connectivity index (χ1n) is 6.63. The molecule has 0 unspecified atom stereocenters. The van der Waals surface area contributed by atoms with Gasteiger partial charge in [-0.25, -0.2) is 0 Å². The second-order valence-electron chi connectivity index (χ2n) is 4.90. The van der Waals surface area contributed by atoms with Crippen LogP contribution in [0.1, 0.15) is 31.2 Å². The van der Waals surface area contributed by atoms with Gasteiger partial charge in [-0.15, -0.1) is 0 Å². The van der Waals surface area contributed by atoms with Crippen LogP contribution in [0, 0.1) is 0 Å². The van der Waals surface area contributed by atoms with Crippen LogP contribution in [-0.2, 0) is 11.2 Å². The number of nitrogens with zero attached hydrogens (tertiary/aromatic N) is 1. The molecule has 1 aromatic rings. The molecule has 0 radical (unpaired) electrons. The van der Waals surface area contributed by atoms with Crippen LogP contribution in [0.3, 0.4) is 0 Å². The van der Waals surface area contributed by atoms with Gasteiger partial charge >= 0.3 is 0 Å². The summed E-state index contributed by atoms with van der Waals surface area (Å²) in [7, 11) is 1.72. The quantitative estimate of drug-likeness (QED) is 0.824. The van der Waals surface area contributed by atoms with Crippen molar-refractivity contribution in [3.8, 4) is 0 Å². The zero-order valence-corrected chi connectivity index (χ0v) is 10.9. The zero-order valence-electron chi connectivity index (χ0n) is 10.9. The largest absolute Gasteiger partial charge is 0.358 e. The molecule has 18 heavy (non-hydrogen) atoms. The number of carbonyl (C=O) groups is 1. The number of likely N-dealkylation sites (N-methyl/N-ethyl adjacent to an activating group) is 1. The number of nitrogens with one attached hydrogen (secondary N) is 2. The summed E-state index contributed by atoms with van der Waals surface area (Å²) in [6, 6.07) is 4.07. The molecular formula is C14H21N3O. The lowest BCUT2D eigenvalue weighted by Crippen LogP contribution is -2.52. The number of aryl methyl sites for hydroxylation is 1. The number of aromatic nitrogens is 1. The molecule has 0 aliphatic carbocycles. The third kappa shape index (κ3) is 2.88. The maximum absolute atomic E-state index is 12.0. The first-order chi connectivity index (χ1) is 8.77. The van der Waals surface area contributed by atoms with Crippen molar-refractivity contribution in [2.24, 2.45) is 0 Å². The van der Waals surface area contributed by atoms with E-state index < -0.39 is 0 Å². The van der Waals surface area contributed by atoms with Gasteiger partial charge in [-0.3, -0.25) is 9.78 Å². The van der Waals surface area contributed by atoms with Gasteiger partial charge in [0, 0.05) is 19.4 Å². The summed E-state index contributed by atoms with van der Waals surface area (Å²) in [5.41, 5.74) is 0.956. The van der Waals surface area contributed by atoms with Crippen LogP contribution in [-0.4, -0.2) is 30.0 Å². The highest BCUT2D eigenvalue weighted by molar-refractivity contribution is 5.86. The molecule has 0 saturated carbocycles. The average molecular weight is 247 g/mol. The third-order valence-electron chi connectivity index (χ3n) is 3.72. The fraction of sp³-hybridized carbons (Fsp3) is 0.571. The van der Waals surface area contributed by atoms with Crippen LogP contribution < -0.4 is 10.6 Å². The zero-order chi connectivity index (χ0) is 12.8. The molecule has 2 N–H and O–H groups in total. The van der Waals surface area contributed by atoms with Crippen molar-refractivity contribution < 1.29 is 4.79 Å². The number of hydrogen-bond donors (Lipinski definition) is 2. The lowest BCUT2D eigenvalue weighted by atomic mass is 9.89. The van der Waals surface area contributed by atoms with Crippen LogP contribution in [0.2, 0.25) is 0 Å².